The summed E-state index contributed by atoms with van der Waals surface area (Å²) in [5, 5.41) is 0. The second-order valence-corrected chi connectivity index (χ2v) is 3.93. The second kappa shape index (κ2) is 4.39. The number of pyridine rings is 2. The number of halogens is 1. The Kier molecular flexibility index (Phi) is 2.95. The molecule has 0 aliphatic rings. The van der Waals surface area contributed by atoms with Gasteiger partial charge in [0.05, 0.1) is 0 Å². The van der Waals surface area contributed by atoms with Crippen LogP contribution in [0.1, 0.15) is 22.4 Å². The van der Waals surface area contributed by atoms with Gasteiger partial charge < -0.3 is 0 Å². The van der Waals surface area contributed by atoms with E-state index in [1.165, 1.54) is 5.56 Å². The van der Waals surface area contributed by atoms with E-state index in [1.807, 2.05) is 25.1 Å². The minimum atomic E-state index is -0.394. The van der Waals surface area contributed by atoms with Crippen molar-refractivity contribution in [2.24, 2.45) is 0 Å². The largest absolute Gasteiger partial charge is 0.262 e. The van der Waals surface area contributed by atoms with Gasteiger partial charge in [0.15, 0.2) is 0 Å². The van der Waals surface area contributed by atoms with Crippen LogP contribution in [0.25, 0.3) is 0 Å². The predicted octanol–water partition coefficient (Wildman–Crippen LogP) is 2.82. The molecular formula is C13H13FN2. The van der Waals surface area contributed by atoms with Gasteiger partial charge in [-0.15, -0.1) is 0 Å². The van der Waals surface area contributed by atoms with Crippen LogP contribution in [0.15, 0.2) is 30.6 Å². The standard InChI is InChI=1S/C13H13FN2/c1-9-5-12(8-16-13(9)14)7-11-3-4-15-10(2)6-11/h3-6,8H,7H2,1-2H3. The third-order valence-corrected chi connectivity index (χ3v) is 2.44. The fourth-order valence-electron chi connectivity index (χ4n) is 1.66. The highest BCUT2D eigenvalue weighted by atomic mass is 19.1. The van der Waals surface area contributed by atoms with Crippen molar-refractivity contribution in [3.8, 4) is 0 Å². The maximum atomic E-state index is 13.0. The summed E-state index contributed by atoms with van der Waals surface area (Å²) >= 11 is 0. The van der Waals surface area contributed by atoms with Crippen LogP contribution < -0.4 is 0 Å². The van der Waals surface area contributed by atoms with Crippen LogP contribution in [0.2, 0.25) is 0 Å². The molecule has 0 fully saturated rings. The number of rotatable bonds is 2. The Hall–Kier alpha value is -1.77. The summed E-state index contributed by atoms with van der Waals surface area (Å²) in [6.07, 6.45) is 4.13. The molecule has 0 aliphatic carbocycles. The van der Waals surface area contributed by atoms with Crippen molar-refractivity contribution in [1.29, 1.82) is 0 Å². The lowest BCUT2D eigenvalue weighted by molar-refractivity contribution is 0.573. The molecule has 3 heteroatoms. The van der Waals surface area contributed by atoms with Gasteiger partial charge >= 0.3 is 0 Å². The lowest BCUT2D eigenvalue weighted by atomic mass is 10.1. The zero-order valence-corrected chi connectivity index (χ0v) is 9.37. The maximum Gasteiger partial charge on any atom is 0.215 e. The van der Waals surface area contributed by atoms with E-state index in [9.17, 15) is 4.39 Å². The first-order valence-corrected chi connectivity index (χ1v) is 5.18. The summed E-state index contributed by atoms with van der Waals surface area (Å²) in [4.78, 5) is 7.85. The SMILES string of the molecule is Cc1cc(Cc2cnc(F)c(C)c2)ccn1. The molecule has 0 atom stereocenters. The van der Waals surface area contributed by atoms with Crippen LogP contribution in [-0.2, 0) is 6.42 Å². The van der Waals surface area contributed by atoms with Crippen molar-refractivity contribution in [2.45, 2.75) is 20.3 Å². The first-order valence-electron chi connectivity index (χ1n) is 5.18. The molecule has 0 aromatic carbocycles. The van der Waals surface area contributed by atoms with Gasteiger partial charge in [0, 0.05) is 23.7 Å². The molecule has 2 heterocycles. The molecule has 0 unspecified atom stereocenters. The highest BCUT2D eigenvalue weighted by Crippen LogP contribution is 2.11. The van der Waals surface area contributed by atoms with E-state index in [0.29, 0.717) is 5.56 Å². The summed E-state index contributed by atoms with van der Waals surface area (Å²) in [5.74, 6) is -0.394. The van der Waals surface area contributed by atoms with Crippen LogP contribution in [0.5, 0.6) is 0 Å². The van der Waals surface area contributed by atoms with Gasteiger partial charge in [0.25, 0.3) is 0 Å². The molecule has 2 aromatic heterocycles. The number of hydrogen-bond donors (Lipinski definition) is 0. The zero-order chi connectivity index (χ0) is 11.5. The average Bonchev–Trinajstić information content (AvgIpc) is 2.24. The molecule has 16 heavy (non-hydrogen) atoms. The third kappa shape index (κ3) is 2.42. The Morgan fingerprint density at radius 3 is 2.62 bits per heavy atom. The van der Waals surface area contributed by atoms with E-state index in [-0.39, 0.29) is 0 Å². The van der Waals surface area contributed by atoms with Gasteiger partial charge in [-0.3, -0.25) is 4.98 Å². The minimum Gasteiger partial charge on any atom is -0.262 e. The molecule has 2 aromatic rings. The highest BCUT2D eigenvalue weighted by molar-refractivity contribution is 5.26. The smallest absolute Gasteiger partial charge is 0.215 e. The van der Waals surface area contributed by atoms with E-state index in [4.69, 9.17) is 0 Å². The molecule has 0 saturated carbocycles. The highest BCUT2D eigenvalue weighted by Gasteiger charge is 2.02. The predicted molar refractivity (Wildman–Crippen MR) is 60.7 cm³/mol. The summed E-state index contributed by atoms with van der Waals surface area (Å²) in [6, 6.07) is 5.82. The molecular weight excluding hydrogens is 203 g/mol. The van der Waals surface area contributed by atoms with Crippen molar-refractivity contribution in [3.05, 3.63) is 58.9 Å². The molecule has 2 nitrogen and oxygen atoms in total. The van der Waals surface area contributed by atoms with Crippen molar-refractivity contribution < 1.29 is 4.39 Å². The molecule has 0 N–H and O–H groups in total. The van der Waals surface area contributed by atoms with Gasteiger partial charge in [0.1, 0.15) is 0 Å². The Labute approximate surface area is 94.2 Å². The van der Waals surface area contributed by atoms with Gasteiger partial charge in [-0.2, -0.15) is 4.39 Å². The second-order valence-electron chi connectivity index (χ2n) is 3.93. The third-order valence-electron chi connectivity index (χ3n) is 2.44. The minimum absolute atomic E-state index is 0.394. The summed E-state index contributed by atoms with van der Waals surface area (Å²) in [6.45, 7) is 3.68. The first kappa shape index (κ1) is 10.7. The zero-order valence-electron chi connectivity index (χ0n) is 9.37. The van der Waals surface area contributed by atoms with Gasteiger partial charge in [0.2, 0.25) is 5.95 Å². The Morgan fingerprint density at radius 1 is 1.12 bits per heavy atom. The fraction of sp³-hybridized carbons (Fsp3) is 0.231. The topological polar surface area (TPSA) is 25.8 Å². The molecule has 2 rings (SSSR count). The Balaban J connectivity index is 2.24. The molecule has 0 radical (unpaired) electrons. The van der Waals surface area contributed by atoms with E-state index < -0.39 is 5.95 Å². The lowest BCUT2D eigenvalue weighted by Crippen LogP contribution is -1.95. The van der Waals surface area contributed by atoms with E-state index in [0.717, 1.165) is 17.7 Å². The molecule has 0 spiro atoms. The van der Waals surface area contributed by atoms with E-state index in [2.05, 4.69) is 9.97 Å². The van der Waals surface area contributed by atoms with Crippen LogP contribution in [-0.4, -0.2) is 9.97 Å². The van der Waals surface area contributed by atoms with Crippen LogP contribution in [0.4, 0.5) is 4.39 Å². The average molecular weight is 216 g/mol. The quantitative estimate of drug-likeness (QED) is 0.721. The molecule has 82 valence electrons. The lowest BCUT2D eigenvalue weighted by Gasteiger charge is -2.03. The van der Waals surface area contributed by atoms with E-state index >= 15 is 0 Å². The molecule has 0 bridgehead atoms. The number of nitrogens with zero attached hydrogens (tertiary/aromatic N) is 2. The monoisotopic (exact) mass is 216 g/mol. The van der Waals surface area contributed by atoms with Crippen LogP contribution in [0.3, 0.4) is 0 Å². The fourth-order valence-corrected chi connectivity index (χ4v) is 1.66. The summed E-state index contributed by atoms with van der Waals surface area (Å²) < 4.78 is 13.0. The Bertz CT molecular complexity index is 509. The normalized spacial score (nSPS) is 10.4. The first-order chi connectivity index (χ1) is 7.65. The van der Waals surface area contributed by atoms with Gasteiger partial charge in [-0.1, -0.05) is 0 Å². The maximum absolute atomic E-state index is 13.0. The number of hydrogen-bond acceptors (Lipinski definition) is 2. The number of aromatic nitrogens is 2. The summed E-state index contributed by atoms with van der Waals surface area (Å²) in [5.41, 5.74) is 3.76. The Morgan fingerprint density at radius 2 is 1.94 bits per heavy atom. The van der Waals surface area contributed by atoms with Crippen molar-refractivity contribution >= 4 is 0 Å². The van der Waals surface area contributed by atoms with Crippen molar-refractivity contribution in [1.82, 2.24) is 9.97 Å². The molecule has 0 saturated heterocycles. The molecule has 0 amide bonds. The van der Waals surface area contributed by atoms with Crippen molar-refractivity contribution in [3.63, 3.8) is 0 Å². The number of aryl methyl sites for hydroxylation is 2. The summed E-state index contributed by atoms with van der Waals surface area (Å²) in [7, 11) is 0. The van der Waals surface area contributed by atoms with Crippen LogP contribution in [0, 0.1) is 19.8 Å². The van der Waals surface area contributed by atoms with Gasteiger partial charge in [-0.25, -0.2) is 4.98 Å². The van der Waals surface area contributed by atoms with E-state index in [1.54, 1.807) is 19.3 Å². The van der Waals surface area contributed by atoms with Gasteiger partial charge in [-0.05, 0) is 49.6 Å². The van der Waals surface area contributed by atoms with Crippen LogP contribution >= 0.6 is 0 Å². The molecule has 0 aliphatic heterocycles. The van der Waals surface area contributed by atoms with Crippen molar-refractivity contribution in [2.75, 3.05) is 0 Å².